The molecule has 0 aliphatic heterocycles. The fourth-order valence-electron chi connectivity index (χ4n) is 2.33. The monoisotopic (exact) mass is 359 g/mol. The van der Waals surface area contributed by atoms with Gasteiger partial charge in [0.05, 0.1) is 20.5 Å². The average Bonchev–Trinajstić information content (AvgIpc) is 2.64. The molecule has 0 atom stereocenters. The van der Waals surface area contributed by atoms with Crippen molar-refractivity contribution in [3.63, 3.8) is 0 Å². The molecule has 0 spiro atoms. The van der Waals surface area contributed by atoms with Crippen LogP contribution in [0.5, 0.6) is 0 Å². The van der Waals surface area contributed by atoms with Gasteiger partial charge in [0, 0.05) is 21.7 Å². The maximum absolute atomic E-state index is 12.2. The van der Waals surface area contributed by atoms with E-state index in [1.165, 1.54) is 27.6 Å². The molecular formula is C19H18ClNO4. The van der Waals surface area contributed by atoms with Crippen molar-refractivity contribution < 1.29 is 19.1 Å². The van der Waals surface area contributed by atoms with Crippen LogP contribution in [0, 0.1) is 0 Å². The summed E-state index contributed by atoms with van der Waals surface area (Å²) in [6.45, 7) is 0. The molecule has 0 bridgehead atoms. The van der Waals surface area contributed by atoms with Crippen molar-refractivity contribution in [1.29, 1.82) is 0 Å². The molecular weight excluding hydrogens is 342 g/mol. The first-order chi connectivity index (χ1) is 12.1. The van der Waals surface area contributed by atoms with E-state index in [0.29, 0.717) is 21.9 Å². The van der Waals surface area contributed by atoms with Gasteiger partial charge < -0.3 is 14.3 Å². The number of hydrogen-bond donors (Lipinski definition) is 0. The molecule has 2 aromatic carbocycles. The fraction of sp³-hybridized carbons (Fsp3) is 0.158. The van der Waals surface area contributed by atoms with Crippen molar-refractivity contribution >= 4 is 28.9 Å². The van der Waals surface area contributed by atoms with Crippen LogP contribution in [0.1, 0.15) is 16.7 Å². The van der Waals surface area contributed by atoms with E-state index in [0.717, 1.165) is 5.56 Å². The normalized spacial score (nSPS) is 11.8. The number of halogens is 1. The lowest BCUT2D eigenvalue weighted by Gasteiger charge is -2.13. The van der Waals surface area contributed by atoms with Gasteiger partial charge >= 0.3 is 5.97 Å². The van der Waals surface area contributed by atoms with Crippen LogP contribution in [0.3, 0.4) is 0 Å². The quantitative estimate of drug-likeness (QED) is 0.258. The second kappa shape index (κ2) is 8.89. The van der Waals surface area contributed by atoms with Crippen molar-refractivity contribution in [2.75, 3.05) is 21.3 Å². The zero-order chi connectivity index (χ0) is 18.2. The standard InChI is InChI=1S/C19H18ClNO4/c1-23-12-17(19(22)24-2)15-6-4-5-7-16(15)18(21-25-3)13-8-10-14(20)11-9-13/h4-12H,1-3H3. The molecule has 2 aromatic rings. The van der Waals surface area contributed by atoms with E-state index < -0.39 is 5.97 Å². The molecule has 0 aromatic heterocycles. The van der Waals surface area contributed by atoms with E-state index in [-0.39, 0.29) is 5.57 Å². The minimum absolute atomic E-state index is 0.276. The number of carbonyl (C=O) groups is 1. The molecule has 0 radical (unpaired) electrons. The third-order valence-electron chi connectivity index (χ3n) is 3.41. The molecule has 0 aliphatic carbocycles. The van der Waals surface area contributed by atoms with Gasteiger partial charge in [0.15, 0.2) is 0 Å². The number of carbonyl (C=O) groups excluding carboxylic acids is 1. The van der Waals surface area contributed by atoms with Crippen LogP contribution in [0.4, 0.5) is 0 Å². The summed E-state index contributed by atoms with van der Waals surface area (Å²) in [6, 6.07) is 14.5. The zero-order valence-electron chi connectivity index (χ0n) is 14.2. The maximum Gasteiger partial charge on any atom is 0.341 e. The number of benzene rings is 2. The second-order valence-corrected chi connectivity index (χ2v) is 5.37. The summed E-state index contributed by atoms with van der Waals surface area (Å²) < 4.78 is 9.91. The Bertz CT molecular complexity index is 797. The molecule has 25 heavy (non-hydrogen) atoms. The highest BCUT2D eigenvalue weighted by atomic mass is 35.5. The summed E-state index contributed by atoms with van der Waals surface area (Å²) in [4.78, 5) is 17.2. The van der Waals surface area contributed by atoms with Crippen LogP contribution in [-0.4, -0.2) is 33.0 Å². The second-order valence-electron chi connectivity index (χ2n) is 4.93. The number of ether oxygens (including phenoxy) is 2. The highest BCUT2D eigenvalue weighted by Crippen LogP contribution is 2.24. The molecule has 0 saturated carbocycles. The Labute approximate surface area is 151 Å². The molecule has 5 nitrogen and oxygen atoms in total. The largest absolute Gasteiger partial charge is 0.503 e. The van der Waals surface area contributed by atoms with Gasteiger partial charge in [-0.15, -0.1) is 0 Å². The van der Waals surface area contributed by atoms with Crippen molar-refractivity contribution in [3.8, 4) is 0 Å². The minimum atomic E-state index is -0.512. The number of nitrogens with zero attached hydrogens (tertiary/aromatic N) is 1. The minimum Gasteiger partial charge on any atom is -0.503 e. The molecule has 0 saturated heterocycles. The van der Waals surface area contributed by atoms with Crippen LogP contribution in [0.2, 0.25) is 5.02 Å². The van der Waals surface area contributed by atoms with E-state index in [9.17, 15) is 4.79 Å². The number of rotatable bonds is 6. The van der Waals surface area contributed by atoms with Gasteiger partial charge in [0.25, 0.3) is 0 Å². The van der Waals surface area contributed by atoms with E-state index in [4.69, 9.17) is 25.9 Å². The molecule has 0 amide bonds. The van der Waals surface area contributed by atoms with Gasteiger partial charge in [0.2, 0.25) is 0 Å². The number of esters is 1. The van der Waals surface area contributed by atoms with E-state index in [1.54, 1.807) is 18.2 Å². The van der Waals surface area contributed by atoms with Crippen LogP contribution < -0.4 is 0 Å². The highest BCUT2D eigenvalue weighted by Gasteiger charge is 2.20. The lowest BCUT2D eigenvalue weighted by atomic mass is 9.93. The summed E-state index contributed by atoms with van der Waals surface area (Å²) >= 11 is 5.96. The molecule has 130 valence electrons. The molecule has 6 heteroatoms. The Morgan fingerprint density at radius 3 is 2.20 bits per heavy atom. The molecule has 0 fully saturated rings. The van der Waals surface area contributed by atoms with E-state index in [2.05, 4.69) is 5.16 Å². The maximum atomic E-state index is 12.2. The van der Waals surface area contributed by atoms with Gasteiger partial charge in [0.1, 0.15) is 18.4 Å². The lowest BCUT2D eigenvalue weighted by Crippen LogP contribution is -2.12. The Morgan fingerprint density at radius 1 is 1.00 bits per heavy atom. The molecule has 0 heterocycles. The molecule has 0 N–H and O–H groups in total. The summed E-state index contributed by atoms with van der Waals surface area (Å²) in [5.74, 6) is -0.512. The fourth-order valence-corrected chi connectivity index (χ4v) is 2.46. The summed E-state index contributed by atoms with van der Waals surface area (Å²) in [5.41, 5.74) is 2.93. The third kappa shape index (κ3) is 4.39. The molecule has 0 aliphatic rings. The van der Waals surface area contributed by atoms with Crippen molar-refractivity contribution in [2.24, 2.45) is 5.16 Å². The number of methoxy groups -OCH3 is 2. The van der Waals surface area contributed by atoms with Crippen molar-refractivity contribution in [3.05, 3.63) is 76.5 Å². The van der Waals surface area contributed by atoms with Crippen LogP contribution in [0.15, 0.2) is 59.9 Å². The number of hydrogen-bond acceptors (Lipinski definition) is 5. The van der Waals surface area contributed by atoms with Gasteiger partial charge in [-0.1, -0.05) is 53.2 Å². The van der Waals surface area contributed by atoms with Gasteiger partial charge in [-0.05, 0) is 12.1 Å². The Kier molecular flexibility index (Phi) is 6.60. The van der Waals surface area contributed by atoms with Crippen molar-refractivity contribution in [1.82, 2.24) is 0 Å². The average molecular weight is 360 g/mol. The Balaban J connectivity index is 2.64. The lowest BCUT2D eigenvalue weighted by molar-refractivity contribution is -0.133. The summed E-state index contributed by atoms with van der Waals surface area (Å²) in [6.07, 6.45) is 1.34. The third-order valence-corrected chi connectivity index (χ3v) is 3.67. The summed E-state index contributed by atoms with van der Waals surface area (Å²) in [5, 5.41) is 4.75. The van der Waals surface area contributed by atoms with Crippen molar-refractivity contribution in [2.45, 2.75) is 0 Å². The van der Waals surface area contributed by atoms with Crippen LogP contribution >= 0.6 is 11.6 Å². The highest BCUT2D eigenvalue weighted by molar-refractivity contribution is 6.30. The topological polar surface area (TPSA) is 57.1 Å². The van der Waals surface area contributed by atoms with Crippen LogP contribution in [-0.2, 0) is 19.1 Å². The first-order valence-electron chi connectivity index (χ1n) is 7.40. The van der Waals surface area contributed by atoms with E-state index in [1.807, 2.05) is 30.3 Å². The Hall–Kier alpha value is -2.79. The summed E-state index contributed by atoms with van der Waals surface area (Å²) in [7, 11) is 4.25. The van der Waals surface area contributed by atoms with Crippen LogP contribution in [0.25, 0.3) is 5.57 Å². The molecule has 2 rings (SSSR count). The smallest absolute Gasteiger partial charge is 0.341 e. The zero-order valence-corrected chi connectivity index (χ0v) is 14.9. The Morgan fingerprint density at radius 2 is 1.64 bits per heavy atom. The SMILES string of the molecule is COC=C(C(=O)OC)c1ccccc1C(=NOC)c1ccc(Cl)cc1. The predicted octanol–water partition coefficient (Wildman–Crippen LogP) is 3.90. The van der Waals surface area contributed by atoms with E-state index >= 15 is 0 Å². The van der Waals surface area contributed by atoms with Gasteiger partial charge in [-0.2, -0.15) is 0 Å². The first-order valence-corrected chi connectivity index (χ1v) is 7.78. The van der Waals surface area contributed by atoms with Gasteiger partial charge in [-0.25, -0.2) is 4.79 Å². The van der Waals surface area contributed by atoms with Gasteiger partial charge in [-0.3, -0.25) is 0 Å². The number of oxime groups is 1. The first kappa shape index (κ1) is 18.5. The predicted molar refractivity (Wildman–Crippen MR) is 97.5 cm³/mol. The molecule has 0 unspecified atom stereocenters.